The van der Waals surface area contributed by atoms with Gasteiger partial charge >= 0.3 is 0 Å². The number of thiazole rings is 1. The van der Waals surface area contributed by atoms with Gasteiger partial charge in [-0.25, -0.2) is 9.37 Å². The fraction of sp³-hybridized carbons (Fsp3) is 0.375. The second kappa shape index (κ2) is 8.00. The minimum Gasteiger partial charge on any atom is -0.325 e. The largest absolute Gasteiger partial charge is 0.325 e. The molecule has 0 radical (unpaired) electrons. The summed E-state index contributed by atoms with van der Waals surface area (Å²) in [7, 11) is 1.87. The molecule has 2 aromatic rings. The van der Waals surface area contributed by atoms with Gasteiger partial charge in [0.1, 0.15) is 5.82 Å². The number of halogens is 1. The van der Waals surface area contributed by atoms with Gasteiger partial charge in [-0.2, -0.15) is 0 Å². The Morgan fingerprint density at radius 1 is 1.45 bits per heavy atom. The van der Waals surface area contributed by atoms with Crippen LogP contribution in [0.25, 0.3) is 0 Å². The van der Waals surface area contributed by atoms with E-state index in [-0.39, 0.29) is 18.3 Å². The molecule has 1 aromatic carbocycles. The molecule has 4 nitrogen and oxygen atoms in total. The standard InChI is InChI=1S/C16H20FN3OS/c1-3-5-16-19-14(11-22-16)9-20(2)10-15(21)18-13-7-4-6-12(17)8-13/h4,6-8,11H,3,5,9-10H2,1-2H3,(H,18,21). The Morgan fingerprint density at radius 2 is 2.27 bits per heavy atom. The van der Waals surface area contributed by atoms with Crippen molar-refractivity contribution >= 4 is 22.9 Å². The van der Waals surface area contributed by atoms with Crippen LogP contribution in [0.5, 0.6) is 0 Å². The van der Waals surface area contributed by atoms with Crippen molar-refractivity contribution in [2.24, 2.45) is 0 Å². The van der Waals surface area contributed by atoms with E-state index in [2.05, 4.69) is 17.2 Å². The molecule has 1 aromatic heterocycles. The zero-order chi connectivity index (χ0) is 15.9. The molecule has 0 aliphatic heterocycles. The number of carbonyl (C=O) groups excluding carboxylic acids is 1. The van der Waals surface area contributed by atoms with E-state index in [4.69, 9.17) is 0 Å². The maximum absolute atomic E-state index is 13.1. The first-order valence-corrected chi connectivity index (χ1v) is 8.12. The number of rotatable bonds is 7. The fourth-order valence-electron chi connectivity index (χ4n) is 2.09. The zero-order valence-corrected chi connectivity index (χ0v) is 13.6. The molecule has 0 unspecified atom stereocenters. The number of nitrogens with zero attached hydrogens (tertiary/aromatic N) is 2. The highest BCUT2D eigenvalue weighted by atomic mass is 32.1. The van der Waals surface area contributed by atoms with Crippen LogP contribution >= 0.6 is 11.3 Å². The number of aromatic nitrogens is 1. The summed E-state index contributed by atoms with van der Waals surface area (Å²) in [6, 6.07) is 5.88. The van der Waals surface area contributed by atoms with Crippen molar-refractivity contribution in [2.75, 3.05) is 18.9 Å². The van der Waals surface area contributed by atoms with Crippen LogP contribution in [0.15, 0.2) is 29.6 Å². The molecule has 118 valence electrons. The van der Waals surface area contributed by atoms with Crippen molar-refractivity contribution in [1.29, 1.82) is 0 Å². The molecule has 0 saturated heterocycles. The molecule has 0 bridgehead atoms. The molecule has 1 N–H and O–H groups in total. The number of likely N-dealkylation sites (N-methyl/N-ethyl adjacent to an activating group) is 1. The summed E-state index contributed by atoms with van der Waals surface area (Å²) < 4.78 is 13.1. The Labute approximate surface area is 134 Å². The first-order valence-electron chi connectivity index (χ1n) is 7.24. The number of hydrogen-bond acceptors (Lipinski definition) is 4. The van der Waals surface area contributed by atoms with Crippen LogP contribution in [0, 0.1) is 5.82 Å². The number of carbonyl (C=O) groups is 1. The minimum absolute atomic E-state index is 0.169. The van der Waals surface area contributed by atoms with E-state index < -0.39 is 0 Å². The Bertz CT molecular complexity index is 629. The highest BCUT2D eigenvalue weighted by Crippen LogP contribution is 2.13. The Hall–Kier alpha value is -1.79. The topological polar surface area (TPSA) is 45.2 Å². The third-order valence-corrected chi connectivity index (χ3v) is 3.97. The first kappa shape index (κ1) is 16.6. The third kappa shape index (κ3) is 5.20. The summed E-state index contributed by atoms with van der Waals surface area (Å²) in [4.78, 5) is 18.4. The number of hydrogen-bond donors (Lipinski definition) is 1. The molecule has 0 saturated carbocycles. The van der Waals surface area contributed by atoms with Crippen LogP contribution < -0.4 is 5.32 Å². The maximum Gasteiger partial charge on any atom is 0.238 e. The summed E-state index contributed by atoms with van der Waals surface area (Å²) in [5.41, 5.74) is 1.45. The second-order valence-corrected chi connectivity index (χ2v) is 6.16. The van der Waals surface area contributed by atoms with Gasteiger partial charge in [-0.15, -0.1) is 11.3 Å². The fourth-order valence-corrected chi connectivity index (χ4v) is 2.99. The summed E-state index contributed by atoms with van der Waals surface area (Å²) in [5, 5.41) is 5.85. The lowest BCUT2D eigenvalue weighted by molar-refractivity contribution is -0.117. The second-order valence-electron chi connectivity index (χ2n) is 5.21. The first-order chi connectivity index (χ1) is 10.6. The van der Waals surface area contributed by atoms with Gasteiger partial charge in [0.2, 0.25) is 5.91 Å². The van der Waals surface area contributed by atoms with Gasteiger partial charge < -0.3 is 5.32 Å². The van der Waals surface area contributed by atoms with Gasteiger partial charge in [0.15, 0.2) is 0 Å². The van der Waals surface area contributed by atoms with E-state index in [0.29, 0.717) is 12.2 Å². The van der Waals surface area contributed by atoms with Crippen molar-refractivity contribution in [3.63, 3.8) is 0 Å². The molecule has 0 aliphatic carbocycles. The Morgan fingerprint density at radius 3 is 3.00 bits per heavy atom. The SMILES string of the molecule is CCCc1nc(CN(C)CC(=O)Nc2cccc(F)c2)cs1. The van der Waals surface area contributed by atoms with Gasteiger partial charge in [-0.05, 0) is 38.1 Å². The Balaban J connectivity index is 1.82. The van der Waals surface area contributed by atoms with E-state index in [1.165, 1.54) is 12.1 Å². The number of nitrogens with one attached hydrogen (secondary N) is 1. The highest BCUT2D eigenvalue weighted by molar-refractivity contribution is 7.09. The molecule has 0 aliphatic rings. The molecular weight excluding hydrogens is 301 g/mol. The van der Waals surface area contributed by atoms with Gasteiger partial charge in [-0.1, -0.05) is 13.0 Å². The quantitative estimate of drug-likeness (QED) is 0.851. The van der Waals surface area contributed by atoms with E-state index >= 15 is 0 Å². The van der Waals surface area contributed by atoms with Crippen LogP contribution in [0.1, 0.15) is 24.0 Å². The summed E-state index contributed by atoms with van der Waals surface area (Å²) >= 11 is 1.66. The van der Waals surface area contributed by atoms with Crippen molar-refractivity contribution in [2.45, 2.75) is 26.3 Å². The van der Waals surface area contributed by atoms with Crippen LogP contribution in [0.2, 0.25) is 0 Å². The minimum atomic E-state index is -0.364. The number of aryl methyl sites for hydroxylation is 1. The summed E-state index contributed by atoms with van der Waals surface area (Å²) in [5.74, 6) is -0.533. The lowest BCUT2D eigenvalue weighted by Crippen LogP contribution is -2.29. The van der Waals surface area contributed by atoms with E-state index in [9.17, 15) is 9.18 Å². The molecule has 0 atom stereocenters. The summed E-state index contributed by atoms with van der Waals surface area (Å²) in [6.07, 6.45) is 2.08. The van der Waals surface area contributed by atoms with Crippen LogP contribution in [-0.4, -0.2) is 29.4 Å². The van der Waals surface area contributed by atoms with Crippen LogP contribution in [0.4, 0.5) is 10.1 Å². The molecule has 0 fully saturated rings. The summed E-state index contributed by atoms with van der Waals surface area (Å²) in [6.45, 7) is 2.98. The van der Waals surface area contributed by atoms with Gasteiger partial charge in [0.25, 0.3) is 0 Å². The third-order valence-electron chi connectivity index (χ3n) is 3.02. The number of benzene rings is 1. The predicted molar refractivity (Wildman–Crippen MR) is 87.5 cm³/mol. The van der Waals surface area contributed by atoms with Crippen molar-refractivity contribution in [3.05, 3.63) is 46.2 Å². The molecule has 22 heavy (non-hydrogen) atoms. The highest BCUT2D eigenvalue weighted by Gasteiger charge is 2.10. The van der Waals surface area contributed by atoms with Gasteiger partial charge in [0, 0.05) is 17.6 Å². The smallest absolute Gasteiger partial charge is 0.238 e. The van der Waals surface area contributed by atoms with Crippen LogP contribution in [0.3, 0.4) is 0 Å². The van der Waals surface area contributed by atoms with Gasteiger partial charge in [-0.3, -0.25) is 9.69 Å². The number of anilines is 1. The normalized spacial score (nSPS) is 10.9. The van der Waals surface area contributed by atoms with E-state index in [1.54, 1.807) is 23.5 Å². The van der Waals surface area contributed by atoms with E-state index in [1.807, 2.05) is 17.3 Å². The predicted octanol–water partition coefficient (Wildman–Crippen LogP) is 3.31. The van der Waals surface area contributed by atoms with E-state index in [0.717, 1.165) is 23.5 Å². The molecule has 0 spiro atoms. The number of amides is 1. The Kier molecular flexibility index (Phi) is 6.03. The lowest BCUT2D eigenvalue weighted by Gasteiger charge is -2.15. The average molecular weight is 321 g/mol. The molecule has 1 heterocycles. The van der Waals surface area contributed by atoms with Crippen molar-refractivity contribution in [1.82, 2.24) is 9.88 Å². The van der Waals surface area contributed by atoms with Crippen LogP contribution in [-0.2, 0) is 17.8 Å². The zero-order valence-electron chi connectivity index (χ0n) is 12.8. The molecule has 1 amide bonds. The monoisotopic (exact) mass is 321 g/mol. The average Bonchev–Trinajstić information content (AvgIpc) is 2.86. The lowest BCUT2D eigenvalue weighted by atomic mass is 10.3. The maximum atomic E-state index is 13.1. The molecular formula is C16H20FN3OS. The van der Waals surface area contributed by atoms with Gasteiger partial charge in [0.05, 0.1) is 17.2 Å². The van der Waals surface area contributed by atoms with Crippen molar-refractivity contribution in [3.8, 4) is 0 Å². The molecule has 2 rings (SSSR count). The van der Waals surface area contributed by atoms with Crippen molar-refractivity contribution < 1.29 is 9.18 Å². The molecule has 6 heteroatoms.